The quantitative estimate of drug-likeness (QED) is 0.875. The van der Waals surface area contributed by atoms with E-state index < -0.39 is 0 Å². The number of hydrogen-bond acceptors (Lipinski definition) is 3. The minimum atomic E-state index is -0.178. The monoisotopic (exact) mass is 311 g/mol. The Morgan fingerprint density at radius 2 is 2.28 bits per heavy atom. The molecule has 0 aromatic heterocycles. The first-order valence-corrected chi connectivity index (χ1v) is 7.35. The van der Waals surface area contributed by atoms with Crippen molar-refractivity contribution in [3.8, 4) is 5.75 Å². The van der Waals surface area contributed by atoms with Gasteiger partial charge >= 0.3 is 0 Å². The van der Waals surface area contributed by atoms with Gasteiger partial charge in [-0.25, -0.2) is 0 Å². The average molecular weight is 312 g/mol. The molecule has 2 unspecified atom stereocenters. The third-order valence-electron chi connectivity index (χ3n) is 3.66. The van der Waals surface area contributed by atoms with Gasteiger partial charge in [0.2, 0.25) is 0 Å². The summed E-state index contributed by atoms with van der Waals surface area (Å²) in [5.74, 6) is 1.53. The van der Waals surface area contributed by atoms with Crippen LogP contribution in [0.15, 0.2) is 22.7 Å². The van der Waals surface area contributed by atoms with Crippen LogP contribution in [0.5, 0.6) is 5.75 Å². The molecule has 3 nitrogen and oxygen atoms in total. The molecule has 0 amide bonds. The number of benzene rings is 1. The number of rotatable bonds is 5. The van der Waals surface area contributed by atoms with Gasteiger partial charge in [0.25, 0.3) is 0 Å². The number of nitrogens with one attached hydrogen (secondary N) is 1. The second-order valence-corrected chi connectivity index (χ2v) is 6.17. The summed E-state index contributed by atoms with van der Waals surface area (Å²) < 4.78 is 6.95. The maximum absolute atomic E-state index is 9.76. The van der Waals surface area contributed by atoms with Crippen LogP contribution in [0.25, 0.3) is 0 Å². The zero-order valence-electron chi connectivity index (χ0n) is 10.2. The van der Waals surface area contributed by atoms with Gasteiger partial charge in [-0.3, -0.25) is 0 Å². The Bertz CT molecular complexity index is 434. The topological polar surface area (TPSA) is 41.5 Å². The molecule has 1 aromatic carbocycles. The van der Waals surface area contributed by atoms with E-state index in [1.54, 1.807) is 0 Å². The second kappa shape index (κ2) is 5.19. The first kappa shape index (κ1) is 12.5. The summed E-state index contributed by atoms with van der Waals surface area (Å²) in [4.78, 5) is 0. The van der Waals surface area contributed by atoms with Crippen molar-refractivity contribution in [2.45, 2.75) is 31.5 Å². The molecule has 1 aliphatic heterocycles. The summed E-state index contributed by atoms with van der Waals surface area (Å²) in [6.45, 7) is 1.49. The van der Waals surface area contributed by atoms with Crippen LogP contribution in [0, 0.1) is 5.92 Å². The summed E-state index contributed by atoms with van der Waals surface area (Å²) in [5, 5.41) is 13.1. The molecule has 1 saturated carbocycles. The Morgan fingerprint density at radius 1 is 1.44 bits per heavy atom. The Hall–Kier alpha value is -0.580. The number of aliphatic hydroxyl groups excluding tert-OH is 1. The molecule has 1 aliphatic carbocycles. The van der Waals surface area contributed by atoms with Gasteiger partial charge in [-0.15, -0.1) is 0 Å². The lowest BCUT2D eigenvalue weighted by molar-refractivity contribution is 0.141. The minimum Gasteiger partial charge on any atom is -0.488 e. The number of aliphatic hydroxyl groups is 1. The molecular weight excluding hydrogens is 294 g/mol. The Labute approximate surface area is 116 Å². The van der Waals surface area contributed by atoms with Crippen LogP contribution in [0.3, 0.4) is 0 Å². The zero-order valence-corrected chi connectivity index (χ0v) is 11.8. The molecule has 18 heavy (non-hydrogen) atoms. The summed E-state index contributed by atoms with van der Waals surface area (Å²) in [7, 11) is 0. The predicted octanol–water partition coefficient (Wildman–Crippen LogP) is 2.11. The molecule has 2 aliphatic rings. The molecule has 0 spiro atoms. The maximum atomic E-state index is 9.76. The smallest absolute Gasteiger partial charge is 0.123 e. The number of ether oxygens (including phenoxy) is 1. The van der Waals surface area contributed by atoms with Crippen molar-refractivity contribution in [3.05, 3.63) is 28.2 Å². The molecule has 2 atom stereocenters. The SMILES string of the molecule is OC(CNCC1Cc2cc(Br)ccc2O1)C1CC1. The molecule has 2 N–H and O–H groups in total. The van der Waals surface area contributed by atoms with Crippen LogP contribution in [0.1, 0.15) is 18.4 Å². The molecule has 4 heteroatoms. The third-order valence-corrected chi connectivity index (χ3v) is 4.15. The Kier molecular flexibility index (Phi) is 3.59. The van der Waals surface area contributed by atoms with Gasteiger partial charge in [-0.1, -0.05) is 15.9 Å². The first-order valence-electron chi connectivity index (χ1n) is 6.56. The van der Waals surface area contributed by atoms with Crippen LogP contribution in [0.2, 0.25) is 0 Å². The summed E-state index contributed by atoms with van der Waals surface area (Å²) in [5.41, 5.74) is 1.26. The fourth-order valence-electron chi connectivity index (χ4n) is 2.44. The lowest BCUT2D eigenvalue weighted by Crippen LogP contribution is -2.35. The van der Waals surface area contributed by atoms with E-state index in [2.05, 4.69) is 27.3 Å². The highest BCUT2D eigenvalue weighted by atomic mass is 79.9. The van der Waals surface area contributed by atoms with E-state index in [1.165, 1.54) is 18.4 Å². The fraction of sp³-hybridized carbons (Fsp3) is 0.571. The molecule has 3 rings (SSSR count). The van der Waals surface area contributed by atoms with Crippen LogP contribution in [0.4, 0.5) is 0 Å². The van der Waals surface area contributed by atoms with Crippen molar-refractivity contribution in [2.24, 2.45) is 5.92 Å². The predicted molar refractivity (Wildman–Crippen MR) is 73.9 cm³/mol. The van der Waals surface area contributed by atoms with Gasteiger partial charge in [0.15, 0.2) is 0 Å². The molecular formula is C14H18BrNO2. The fourth-order valence-corrected chi connectivity index (χ4v) is 2.85. The van der Waals surface area contributed by atoms with Gasteiger partial charge < -0.3 is 15.2 Å². The van der Waals surface area contributed by atoms with Crippen molar-refractivity contribution in [1.29, 1.82) is 0 Å². The zero-order chi connectivity index (χ0) is 12.5. The van der Waals surface area contributed by atoms with Crippen LogP contribution in [-0.2, 0) is 6.42 Å². The Morgan fingerprint density at radius 3 is 3.06 bits per heavy atom. The van der Waals surface area contributed by atoms with E-state index in [0.29, 0.717) is 12.5 Å². The van der Waals surface area contributed by atoms with E-state index >= 15 is 0 Å². The van der Waals surface area contributed by atoms with E-state index in [1.807, 2.05) is 12.1 Å². The van der Waals surface area contributed by atoms with E-state index in [4.69, 9.17) is 4.74 Å². The summed E-state index contributed by atoms with van der Waals surface area (Å²) in [6, 6.07) is 6.14. The van der Waals surface area contributed by atoms with E-state index in [0.717, 1.165) is 23.2 Å². The van der Waals surface area contributed by atoms with Gasteiger partial charge in [-0.05, 0) is 42.5 Å². The number of halogens is 1. The largest absolute Gasteiger partial charge is 0.488 e. The van der Waals surface area contributed by atoms with Gasteiger partial charge in [-0.2, -0.15) is 0 Å². The normalized spacial score (nSPS) is 23.6. The second-order valence-electron chi connectivity index (χ2n) is 5.26. The highest BCUT2D eigenvalue weighted by Crippen LogP contribution is 2.32. The van der Waals surface area contributed by atoms with Crippen molar-refractivity contribution < 1.29 is 9.84 Å². The first-order chi connectivity index (χ1) is 8.72. The van der Waals surface area contributed by atoms with Crippen LogP contribution >= 0.6 is 15.9 Å². The van der Waals surface area contributed by atoms with Crippen molar-refractivity contribution in [2.75, 3.05) is 13.1 Å². The summed E-state index contributed by atoms with van der Waals surface area (Å²) >= 11 is 3.48. The van der Waals surface area contributed by atoms with Crippen molar-refractivity contribution in [1.82, 2.24) is 5.32 Å². The van der Waals surface area contributed by atoms with E-state index in [-0.39, 0.29) is 12.2 Å². The molecule has 1 heterocycles. The Balaban J connectivity index is 1.45. The van der Waals surface area contributed by atoms with Gasteiger partial charge in [0.1, 0.15) is 11.9 Å². The highest BCUT2D eigenvalue weighted by Gasteiger charge is 2.29. The van der Waals surface area contributed by atoms with Gasteiger partial charge in [0.05, 0.1) is 6.10 Å². The van der Waals surface area contributed by atoms with Crippen LogP contribution < -0.4 is 10.1 Å². The van der Waals surface area contributed by atoms with E-state index in [9.17, 15) is 5.11 Å². The molecule has 1 aromatic rings. The third kappa shape index (κ3) is 2.87. The molecule has 0 bridgehead atoms. The average Bonchev–Trinajstić information content (AvgIpc) is 3.11. The molecule has 0 radical (unpaired) electrons. The van der Waals surface area contributed by atoms with Crippen LogP contribution in [-0.4, -0.2) is 30.4 Å². The lowest BCUT2D eigenvalue weighted by atomic mass is 10.1. The lowest BCUT2D eigenvalue weighted by Gasteiger charge is -2.14. The van der Waals surface area contributed by atoms with Crippen molar-refractivity contribution in [3.63, 3.8) is 0 Å². The summed E-state index contributed by atoms with van der Waals surface area (Å²) in [6.07, 6.45) is 3.33. The molecule has 0 saturated heterocycles. The van der Waals surface area contributed by atoms with Crippen molar-refractivity contribution >= 4 is 15.9 Å². The maximum Gasteiger partial charge on any atom is 0.123 e. The van der Waals surface area contributed by atoms with Gasteiger partial charge in [0, 0.05) is 24.0 Å². The minimum absolute atomic E-state index is 0.178. The highest BCUT2D eigenvalue weighted by molar-refractivity contribution is 9.10. The number of fused-ring (bicyclic) bond motifs is 1. The standard InChI is InChI=1S/C14H18BrNO2/c15-11-3-4-14-10(5-11)6-12(18-14)7-16-8-13(17)9-1-2-9/h3-5,9,12-13,16-17H,1-2,6-8H2. The molecule has 98 valence electrons. The molecule has 1 fully saturated rings. The number of hydrogen-bond donors (Lipinski definition) is 2.